The van der Waals surface area contributed by atoms with Crippen LogP contribution in [-0.2, 0) is 9.59 Å². The molecule has 2 N–H and O–H groups in total. The summed E-state index contributed by atoms with van der Waals surface area (Å²) in [5.74, 6) is -1.50. The topological polar surface area (TPSA) is 74.6 Å². The van der Waals surface area contributed by atoms with Crippen LogP contribution in [0.15, 0.2) is 23.3 Å². The van der Waals surface area contributed by atoms with E-state index in [9.17, 15) is 19.8 Å². The Morgan fingerprint density at radius 3 is 1.31 bits per heavy atom. The normalized spacial score (nSPS) is 34.1. The molecule has 0 bridgehead atoms. The fourth-order valence-corrected chi connectivity index (χ4v) is 5.95. The van der Waals surface area contributed by atoms with Gasteiger partial charge in [-0.15, -0.1) is 0 Å². The van der Waals surface area contributed by atoms with E-state index in [4.69, 9.17) is 0 Å². The van der Waals surface area contributed by atoms with Crippen LogP contribution >= 0.6 is 0 Å². The Balaban J connectivity index is 2.09. The van der Waals surface area contributed by atoms with Gasteiger partial charge in [0.05, 0.1) is 0 Å². The molecule has 3 rings (SSSR count). The summed E-state index contributed by atoms with van der Waals surface area (Å²) >= 11 is 0. The van der Waals surface area contributed by atoms with E-state index < -0.39 is 22.8 Å². The zero-order valence-corrected chi connectivity index (χ0v) is 16.1. The zero-order chi connectivity index (χ0) is 18.9. The molecule has 2 atom stereocenters. The number of carboxylic acid groups (broad SMARTS) is 2. The lowest BCUT2D eigenvalue weighted by Crippen LogP contribution is -2.48. The molecule has 0 heterocycles. The maximum absolute atomic E-state index is 12.5. The zero-order valence-electron chi connectivity index (χ0n) is 16.1. The summed E-state index contributed by atoms with van der Waals surface area (Å²) in [5.41, 5.74) is -0.518. The van der Waals surface area contributed by atoms with Gasteiger partial charge in [0.1, 0.15) is 10.8 Å². The Morgan fingerprint density at radius 2 is 1.04 bits per heavy atom. The van der Waals surface area contributed by atoms with E-state index in [0.29, 0.717) is 0 Å². The summed E-state index contributed by atoms with van der Waals surface area (Å²) < 4.78 is 0. The largest absolute Gasteiger partial charge is 0.480 e. The summed E-state index contributed by atoms with van der Waals surface area (Å²) in [6.45, 7) is 3.75. The lowest BCUT2D eigenvalue weighted by atomic mass is 9.54. The maximum atomic E-state index is 12.5. The molecule has 4 nitrogen and oxygen atoms in total. The van der Waals surface area contributed by atoms with Crippen LogP contribution < -0.4 is 0 Å². The summed E-state index contributed by atoms with van der Waals surface area (Å²) in [6.07, 6.45) is 13.8. The monoisotopic (exact) mass is 360 g/mol. The third kappa shape index (κ3) is 2.73. The Labute approximate surface area is 156 Å². The van der Waals surface area contributed by atoms with Gasteiger partial charge in [-0.1, -0.05) is 61.8 Å². The van der Waals surface area contributed by atoms with Crippen molar-refractivity contribution >= 4 is 11.9 Å². The Bertz CT molecular complexity index is 581. The first-order valence-corrected chi connectivity index (χ1v) is 10.2. The molecule has 0 aromatic carbocycles. The first-order valence-electron chi connectivity index (χ1n) is 10.2. The number of aliphatic carboxylic acids is 2. The molecule has 0 aromatic heterocycles. The van der Waals surface area contributed by atoms with E-state index in [0.717, 1.165) is 62.5 Å². The number of carboxylic acids is 2. The van der Waals surface area contributed by atoms with Crippen molar-refractivity contribution in [3.05, 3.63) is 23.3 Å². The molecular formula is C22H32O4. The minimum atomic E-state index is -1.03. The molecule has 2 saturated carbocycles. The Hall–Kier alpha value is -1.58. The van der Waals surface area contributed by atoms with Gasteiger partial charge in [-0.3, -0.25) is 9.59 Å². The van der Waals surface area contributed by atoms with Crippen LogP contribution in [0.3, 0.4) is 0 Å². The second kappa shape index (κ2) is 7.21. The standard InChI is InChI=1S/C22H32O4/c1-15-16(2)22(20(25)26,18-11-7-4-8-12-18)14-13-21(15,19(23)24)17-9-5-3-6-10-17/h13-14,17-18H,3-12H2,1-2H3,(H,23,24)(H,25,26). The Morgan fingerprint density at radius 1 is 0.731 bits per heavy atom. The van der Waals surface area contributed by atoms with Gasteiger partial charge in [-0.2, -0.15) is 0 Å². The predicted molar refractivity (Wildman–Crippen MR) is 101 cm³/mol. The van der Waals surface area contributed by atoms with Crippen molar-refractivity contribution in [1.82, 2.24) is 0 Å². The molecular weight excluding hydrogens is 328 g/mol. The molecule has 3 aliphatic rings. The summed E-state index contributed by atoms with van der Waals surface area (Å²) in [6, 6.07) is 0. The van der Waals surface area contributed by atoms with E-state index in [1.807, 2.05) is 13.8 Å². The molecule has 0 aliphatic heterocycles. The van der Waals surface area contributed by atoms with E-state index >= 15 is 0 Å². The molecule has 26 heavy (non-hydrogen) atoms. The van der Waals surface area contributed by atoms with Crippen molar-refractivity contribution in [2.24, 2.45) is 22.7 Å². The molecule has 2 fully saturated rings. The Kier molecular flexibility index (Phi) is 5.32. The molecule has 0 radical (unpaired) electrons. The van der Waals surface area contributed by atoms with Crippen molar-refractivity contribution in [1.29, 1.82) is 0 Å². The molecule has 3 aliphatic carbocycles. The van der Waals surface area contributed by atoms with Crippen LogP contribution in [0.2, 0.25) is 0 Å². The molecule has 0 amide bonds. The highest BCUT2D eigenvalue weighted by atomic mass is 16.4. The molecule has 4 heteroatoms. The van der Waals surface area contributed by atoms with Crippen molar-refractivity contribution in [2.75, 3.05) is 0 Å². The number of carbonyl (C=O) groups is 2. The van der Waals surface area contributed by atoms with E-state index in [1.165, 1.54) is 12.8 Å². The highest BCUT2D eigenvalue weighted by Gasteiger charge is 2.55. The van der Waals surface area contributed by atoms with Gasteiger partial charge in [-0.05, 0) is 51.4 Å². The minimum absolute atomic E-state index is 0.0677. The fourth-order valence-electron chi connectivity index (χ4n) is 5.95. The van der Waals surface area contributed by atoms with Crippen LogP contribution in [0.1, 0.15) is 78.1 Å². The third-order valence-corrected chi connectivity index (χ3v) is 7.62. The van der Waals surface area contributed by atoms with E-state index in [1.54, 1.807) is 12.2 Å². The minimum Gasteiger partial charge on any atom is -0.480 e. The van der Waals surface area contributed by atoms with Crippen LogP contribution in [-0.4, -0.2) is 22.2 Å². The SMILES string of the molecule is CC1=C(C)C(C(=O)O)(C2CCCCC2)C=CC1(C(=O)O)C1CCCCC1. The van der Waals surface area contributed by atoms with Gasteiger partial charge >= 0.3 is 11.9 Å². The van der Waals surface area contributed by atoms with E-state index in [2.05, 4.69) is 0 Å². The second-order valence-corrected chi connectivity index (χ2v) is 8.60. The molecule has 2 unspecified atom stereocenters. The molecule has 0 aromatic rings. The summed E-state index contributed by atoms with van der Waals surface area (Å²) in [7, 11) is 0. The maximum Gasteiger partial charge on any atom is 0.317 e. The van der Waals surface area contributed by atoms with Crippen LogP contribution in [0, 0.1) is 22.7 Å². The summed E-state index contributed by atoms with van der Waals surface area (Å²) in [4.78, 5) is 24.9. The molecule has 0 saturated heterocycles. The van der Waals surface area contributed by atoms with Crippen molar-refractivity contribution in [2.45, 2.75) is 78.1 Å². The lowest BCUT2D eigenvalue weighted by molar-refractivity contribution is -0.151. The number of hydrogen-bond acceptors (Lipinski definition) is 2. The first-order chi connectivity index (χ1) is 12.4. The quantitative estimate of drug-likeness (QED) is 0.676. The first kappa shape index (κ1) is 19.2. The molecule has 144 valence electrons. The lowest BCUT2D eigenvalue weighted by Gasteiger charge is -2.47. The van der Waals surface area contributed by atoms with Crippen LogP contribution in [0.25, 0.3) is 0 Å². The smallest absolute Gasteiger partial charge is 0.317 e. The number of hydrogen-bond donors (Lipinski definition) is 2. The van der Waals surface area contributed by atoms with Crippen LogP contribution in [0.5, 0.6) is 0 Å². The average Bonchev–Trinajstić information content (AvgIpc) is 2.65. The van der Waals surface area contributed by atoms with Gasteiger partial charge in [0.15, 0.2) is 0 Å². The second-order valence-electron chi connectivity index (χ2n) is 8.60. The predicted octanol–water partition coefficient (Wildman–Crippen LogP) is 5.20. The highest BCUT2D eigenvalue weighted by molar-refractivity contribution is 5.88. The van der Waals surface area contributed by atoms with Gasteiger partial charge < -0.3 is 10.2 Å². The molecule has 0 spiro atoms. The van der Waals surface area contributed by atoms with Crippen molar-refractivity contribution in [3.8, 4) is 0 Å². The van der Waals surface area contributed by atoms with Gasteiger partial charge in [0.2, 0.25) is 0 Å². The van der Waals surface area contributed by atoms with Crippen molar-refractivity contribution < 1.29 is 19.8 Å². The van der Waals surface area contributed by atoms with Gasteiger partial charge in [0.25, 0.3) is 0 Å². The third-order valence-electron chi connectivity index (χ3n) is 7.62. The van der Waals surface area contributed by atoms with Crippen molar-refractivity contribution in [3.63, 3.8) is 0 Å². The summed E-state index contributed by atoms with van der Waals surface area (Å²) in [5, 5.41) is 20.4. The van der Waals surface area contributed by atoms with Crippen LogP contribution in [0.4, 0.5) is 0 Å². The average molecular weight is 360 g/mol. The highest BCUT2D eigenvalue weighted by Crippen LogP contribution is 2.56. The van der Waals surface area contributed by atoms with E-state index in [-0.39, 0.29) is 11.8 Å². The van der Waals surface area contributed by atoms with Gasteiger partial charge in [-0.25, -0.2) is 0 Å². The fraction of sp³-hybridized carbons (Fsp3) is 0.727. The number of rotatable bonds is 4. The van der Waals surface area contributed by atoms with Gasteiger partial charge in [0, 0.05) is 0 Å².